The number of nitrogens with one attached hydrogen (secondary N) is 1. The molecule has 14 heavy (non-hydrogen) atoms. The summed E-state index contributed by atoms with van der Waals surface area (Å²) in [5, 5.41) is 3.42. The van der Waals surface area contributed by atoms with Crippen LogP contribution in [-0.4, -0.2) is 19.8 Å². The second kappa shape index (κ2) is 5.71. The first-order valence-electron chi connectivity index (χ1n) is 4.43. The van der Waals surface area contributed by atoms with Crippen LogP contribution in [-0.2, 0) is 4.74 Å². The summed E-state index contributed by atoms with van der Waals surface area (Å²) in [6.45, 7) is 2.54. The second-order valence-electron chi connectivity index (χ2n) is 3.14. The molecule has 1 fully saturated rings. The van der Waals surface area contributed by atoms with E-state index in [1.807, 2.05) is 6.07 Å². The Balaban J connectivity index is 0.000000980. The summed E-state index contributed by atoms with van der Waals surface area (Å²) < 4.78 is 6.52. The number of ether oxygens (including phenoxy) is 1. The lowest BCUT2D eigenvalue weighted by Gasteiger charge is -2.24. The molecule has 0 bridgehead atoms. The third-order valence-electron chi connectivity index (χ3n) is 2.17. The SMILES string of the molecule is Brc1cccc([C@@H]2COCCN2)c1.Cl. The van der Waals surface area contributed by atoms with Crippen molar-refractivity contribution in [3.05, 3.63) is 34.3 Å². The normalized spacial score (nSPS) is 21.4. The molecule has 2 rings (SSSR count). The molecular formula is C10H13BrClNO. The van der Waals surface area contributed by atoms with E-state index in [1.165, 1.54) is 5.56 Å². The van der Waals surface area contributed by atoms with Crippen LogP contribution in [0.1, 0.15) is 11.6 Å². The topological polar surface area (TPSA) is 21.3 Å². The van der Waals surface area contributed by atoms with E-state index in [9.17, 15) is 0 Å². The van der Waals surface area contributed by atoms with Crippen LogP contribution in [0.5, 0.6) is 0 Å². The number of hydrogen-bond donors (Lipinski definition) is 1. The first kappa shape index (κ1) is 12.0. The van der Waals surface area contributed by atoms with Crippen molar-refractivity contribution < 1.29 is 4.74 Å². The van der Waals surface area contributed by atoms with Crippen LogP contribution in [0.4, 0.5) is 0 Å². The van der Waals surface area contributed by atoms with E-state index < -0.39 is 0 Å². The number of halogens is 2. The van der Waals surface area contributed by atoms with Gasteiger partial charge in [0.2, 0.25) is 0 Å². The van der Waals surface area contributed by atoms with Crippen LogP contribution in [0.2, 0.25) is 0 Å². The fourth-order valence-corrected chi connectivity index (χ4v) is 1.92. The van der Waals surface area contributed by atoms with Crippen LogP contribution in [0.15, 0.2) is 28.7 Å². The van der Waals surface area contributed by atoms with Crippen LogP contribution in [0.25, 0.3) is 0 Å². The Bertz CT molecular complexity index is 289. The van der Waals surface area contributed by atoms with Crippen molar-refractivity contribution in [3.8, 4) is 0 Å². The molecule has 1 atom stereocenters. The van der Waals surface area contributed by atoms with Crippen molar-refractivity contribution in [1.29, 1.82) is 0 Å². The predicted octanol–water partition coefficient (Wildman–Crippen LogP) is 2.53. The van der Waals surface area contributed by atoms with Gasteiger partial charge < -0.3 is 10.1 Å². The minimum atomic E-state index is 0. The van der Waals surface area contributed by atoms with Gasteiger partial charge in [0.25, 0.3) is 0 Å². The Hall–Kier alpha value is -0.0900. The summed E-state index contributed by atoms with van der Waals surface area (Å²) >= 11 is 3.46. The molecule has 1 N–H and O–H groups in total. The van der Waals surface area contributed by atoms with Crippen LogP contribution < -0.4 is 5.32 Å². The first-order valence-corrected chi connectivity index (χ1v) is 5.22. The van der Waals surface area contributed by atoms with Crippen molar-refractivity contribution in [1.82, 2.24) is 5.32 Å². The average molecular weight is 279 g/mol. The lowest BCUT2D eigenvalue weighted by molar-refractivity contribution is 0.0769. The molecule has 0 aromatic heterocycles. The van der Waals surface area contributed by atoms with Crippen LogP contribution in [0.3, 0.4) is 0 Å². The largest absolute Gasteiger partial charge is 0.378 e. The summed E-state index contributed by atoms with van der Waals surface area (Å²) in [5.74, 6) is 0. The molecular weight excluding hydrogens is 265 g/mol. The third kappa shape index (κ3) is 2.95. The van der Waals surface area contributed by atoms with Crippen molar-refractivity contribution in [3.63, 3.8) is 0 Å². The quantitative estimate of drug-likeness (QED) is 0.852. The van der Waals surface area contributed by atoms with E-state index in [4.69, 9.17) is 4.74 Å². The van der Waals surface area contributed by atoms with Gasteiger partial charge in [-0.15, -0.1) is 12.4 Å². The van der Waals surface area contributed by atoms with Crippen molar-refractivity contribution >= 4 is 28.3 Å². The van der Waals surface area contributed by atoms with Crippen molar-refractivity contribution in [2.45, 2.75) is 6.04 Å². The zero-order chi connectivity index (χ0) is 9.10. The van der Waals surface area contributed by atoms with E-state index in [-0.39, 0.29) is 12.4 Å². The van der Waals surface area contributed by atoms with Gasteiger partial charge in [-0.25, -0.2) is 0 Å². The lowest BCUT2D eigenvalue weighted by Crippen LogP contribution is -2.34. The Kier molecular flexibility index (Phi) is 4.89. The van der Waals surface area contributed by atoms with Gasteiger partial charge in [-0.05, 0) is 17.7 Å². The molecule has 1 saturated heterocycles. The highest BCUT2D eigenvalue weighted by molar-refractivity contribution is 9.10. The van der Waals surface area contributed by atoms with Crippen molar-refractivity contribution in [2.75, 3.05) is 19.8 Å². The van der Waals surface area contributed by atoms with E-state index >= 15 is 0 Å². The van der Waals surface area contributed by atoms with Gasteiger partial charge in [0.05, 0.1) is 19.3 Å². The summed E-state index contributed by atoms with van der Waals surface area (Å²) in [5.41, 5.74) is 1.29. The molecule has 78 valence electrons. The Morgan fingerprint density at radius 1 is 1.43 bits per heavy atom. The molecule has 0 radical (unpaired) electrons. The smallest absolute Gasteiger partial charge is 0.0662 e. The van der Waals surface area contributed by atoms with Gasteiger partial charge in [-0.3, -0.25) is 0 Å². The molecule has 0 unspecified atom stereocenters. The van der Waals surface area contributed by atoms with Gasteiger partial charge in [-0.1, -0.05) is 28.1 Å². The molecule has 0 amide bonds. The standard InChI is InChI=1S/C10H12BrNO.ClH/c11-9-3-1-2-8(6-9)10-7-13-5-4-12-10;/h1-3,6,10,12H,4-5,7H2;1H/t10-;/m0./s1. The third-order valence-corrected chi connectivity index (χ3v) is 2.67. The van der Waals surface area contributed by atoms with Gasteiger partial charge in [-0.2, -0.15) is 0 Å². The second-order valence-corrected chi connectivity index (χ2v) is 4.05. The molecule has 1 aromatic carbocycles. The summed E-state index contributed by atoms with van der Waals surface area (Å²) in [7, 11) is 0. The maximum atomic E-state index is 5.40. The van der Waals surface area contributed by atoms with Crippen LogP contribution in [0, 0.1) is 0 Å². The minimum absolute atomic E-state index is 0. The van der Waals surface area contributed by atoms with Gasteiger partial charge in [0.1, 0.15) is 0 Å². The molecule has 1 heterocycles. The zero-order valence-corrected chi connectivity index (χ0v) is 10.1. The summed E-state index contributed by atoms with van der Waals surface area (Å²) in [6.07, 6.45) is 0. The van der Waals surface area contributed by atoms with Gasteiger partial charge >= 0.3 is 0 Å². The summed E-state index contributed by atoms with van der Waals surface area (Å²) in [4.78, 5) is 0. The molecule has 0 spiro atoms. The fourth-order valence-electron chi connectivity index (χ4n) is 1.50. The Morgan fingerprint density at radius 3 is 2.93 bits per heavy atom. The first-order chi connectivity index (χ1) is 6.36. The number of hydrogen-bond acceptors (Lipinski definition) is 2. The number of benzene rings is 1. The molecule has 1 aliphatic rings. The number of rotatable bonds is 1. The minimum Gasteiger partial charge on any atom is -0.378 e. The molecule has 0 aliphatic carbocycles. The molecule has 2 nitrogen and oxygen atoms in total. The van der Waals surface area contributed by atoms with Crippen LogP contribution >= 0.6 is 28.3 Å². The molecule has 4 heteroatoms. The monoisotopic (exact) mass is 277 g/mol. The maximum absolute atomic E-state index is 5.40. The number of morpholine rings is 1. The Labute approximate surface area is 98.6 Å². The van der Waals surface area contributed by atoms with Gasteiger partial charge in [0.15, 0.2) is 0 Å². The molecule has 0 saturated carbocycles. The average Bonchev–Trinajstić information content (AvgIpc) is 2.19. The van der Waals surface area contributed by atoms with E-state index in [2.05, 4.69) is 39.4 Å². The predicted molar refractivity (Wildman–Crippen MR) is 63.0 cm³/mol. The van der Waals surface area contributed by atoms with E-state index in [0.29, 0.717) is 6.04 Å². The highest BCUT2D eigenvalue weighted by atomic mass is 79.9. The Morgan fingerprint density at radius 2 is 2.29 bits per heavy atom. The zero-order valence-electron chi connectivity index (χ0n) is 7.70. The highest BCUT2D eigenvalue weighted by Crippen LogP contribution is 2.19. The van der Waals surface area contributed by atoms with Crippen molar-refractivity contribution in [2.24, 2.45) is 0 Å². The van der Waals surface area contributed by atoms with Gasteiger partial charge in [0, 0.05) is 11.0 Å². The fraction of sp³-hybridized carbons (Fsp3) is 0.400. The lowest BCUT2D eigenvalue weighted by atomic mass is 10.1. The molecule has 1 aromatic rings. The maximum Gasteiger partial charge on any atom is 0.0662 e. The highest BCUT2D eigenvalue weighted by Gasteiger charge is 2.14. The van der Waals surface area contributed by atoms with E-state index in [0.717, 1.165) is 24.2 Å². The molecule has 1 aliphatic heterocycles. The van der Waals surface area contributed by atoms with E-state index in [1.54, 1.807) is 0 Å². The summed E-state index contributed by atoms with van der Waals surface area (Å²) in [6, 6.07) is 8.69.